The number of carbonyl (C=O) groups excluding carboxylic acids is 1. The molecule has 0 aliphatic carbocycles. The number of fused-ring (bicyclic) bond motifs is 1. The van der Waals surface area contributed by atoms with Crippen LogP contribution in [-0.4, -0.2) is 15.9 Å². The summed E-state index contributed by atoms with van der Waals surface area (Å²) in [7, 11) is 0. The fourth-order valence-corrected chi connectivity index (χ4v) is 2.41. The van der Waals surface area contributed by atoms with E-state index in [1.54, 1.807) is 25.1 Å². The van der Waals surface area contributed by atoms with Crippen molar-refractivity contribution in [3.8, 4) is 0 Å². The number of H-pyrrole nitrogens is 1. The van der Waals surface area contributed by atoms with E-state index in [2.05, 4.69) is 15.3 Å². The van der Waals surface area contributed by atoms with Gasteiger partial charge in [-0.2, -0.15) is 0 Å². The summed E-state index contributed by atoms with van der Waals surface area (Å²) in [6.45, 7) is 1.63. The Balaban J connectivity index is 1.68. The summed E-state index contributed by atoms with van der Waals surface area (Å²) in [5.41, 5.74) is 2.36. The summed E-state index contributed by atoms with van der Waals surface area (Å²) in [6.07, 6.45) is 0.344. The van der Waals surface area contributed by atoms with Gasteiger partial charge in [-0.1, -0.05) is 12.1 Å². The van der Waals surface area contributed by atoms with Gasteiger partial charge >= 0.3 is 0 Å². The van der Waals surface area contributed by atoms with Crippen LogP contribution in [0, 0.1) is 12.7 Å². The van der Waals surface area contributed by atoms with Gasteiger partial charge in [0.15, 0.2) is 0 Å². The molecule has 2 N–H and O–H groups in total. The van der Waals surface area contributed by atoms with Gasteiger partial charge in [-0.15, -0.1) is 0 Å². The second kappa shape index (κ2) is 6.62. The number of para-hydroxylation sites is 2. The number of rotatable bonds is 4. The molecular weight excluding hydrogens is 309 g/mol. The molecule has 0 atom stereocenters. The first-order valence-corrected chi connectivity index (χ1v) is 7.57. The Morgan fingerprint density at radius 2 is 2.04 bits per heavy atom. The molecule has 0 fully saturated rings. The van der Waals surface area contributed by atoms with Crippen LogP contribution < -0.4 is 10.9 Å². The van der Waals surface area contributed by atoms with Gasteiger partial charge in [0.1, 0.15) is 11.5 Å². The van der Waals surface area contributed by atoms with E-state index in [4.69, 9.17) is 0 Å². The van der Waals surface area contributed by atoms with Crippen LogP contribution in [0.25, 0.3) is 11.0 Å². The lowest BCUT2D eigenvalue weighted by atomic mass is 10.2. The molecule has 6 heteroatoms. The third kappa shape index (κ3) is 3.48. The second-order valence-corrected chi connectivity index (χ2v) is 5.54. The first-order valence-electron chi connectivity index (χ1n) is 7.57. The summed E-state index contributed by atoms with van der Waals surface area (Å²) in [5, 5.41) is 2.69. The van der Waals surface area contributed by atoms with Crippen LogP contribution in [0.3, 0.4) is 0 Å². The molecule has 0 spiro atoms. The molecule has 0 unspecified atom stereocenters. The molecule has 1 amide bonds. The Morgan fingerprint density at radius 1 is 1.25 bits per heavy atom. The topological polar surface area (TPSA) is 74.8 Å². The van der Waals surface area contributed by atoms with E-state index < -0.39 is 0 Å². The van der Waals surface area contributed by atoms with E-state index in [-0.39, 0.29) is 30.1 Å². The number of amides is 1. The summed E-state index contributed by atoms with van der Waals surface area (Å²) < 4.78 is 13.2. The molecule has 0 bridgehead atoms. The second-order valence-electron chi connectivity index (χ2n) is 5.54. The normalized spacial score (nSPS) is 10.8. The quantitative estimate of drug-likeness (QED) is 0.774. The summed E-state index contributed by atoms with van der Waals surface area (Å²) in [6, 6.07) is 11.6. The lowest BCUT2D eigenvalue weighted by Gasteiger charge is -2.07. The van der Waals surface area contributed by atoms with Gasteiger partial charge in [-0.25, -0.2) is 9.37 Å². The van der Waals surface area contributed by atoms with Gasteiger partial charge in [-0.05, 0) is 42.8 Å². The van der Waals surface area contributed by atoms with Crippen molar-refractivity contribution in [1.82, 2.24) is 9.97 Å². The standard InChI is InChI=1S/C18H16FN3O2/c1-11-10-12(6-7-13(11)19)20-17(23)9-8-16-18(24)22-15-5-3-2-4-14(15)21-16/h2-7,10H,8-9H2,1H3,(H,20,23)(H,22,24). The molecule has 3 aromatic rings. The SMILES string of the molecule is Cc1cc(NC(=O)CCc2nc3ccccc3[nH]c2=O)ccc1F. The highest BCUT2D eigenvalue weighted by atomic mass is 19.1. The van der Waals surface area contributed by atoms with Crippen LogP contribution in [0.4, 0.5) is 10.1 Å². The zero-order valence-electron chi connectivity index (χ0n) is 13.1. The third-order valence-corrected chi connectivity index (χ3v) is 3.70. The minimum Gasteiger partial charge on any atom is -0.326 e. The molecule has 0 saturated heterocycles. The molecule has 0 aliphatic heterocycles. The summed E-state index contributed by atoms with van der Waals surface area (Å²) in [5.74, 6) is -0.574. The maximum atomic E-state index is 13.2. The molecule has 1 heterocycles. The molecule has 2 aromatic carbocycles. The summed E-state index contributed by atoms with van der Waals surface area (Å²) in [4.78, 5) is 31.1. The highest BCUT2D eigenvalue weighted by Crippen LogP contribution is 2.14. The lowest BCUT2D eigenvalue weighted by Crippen LogP contribution is -2.19. The van der Waals surface area contributed by atoms with E-state index >= 15 is 0 Å². The maximum absolute atomic E-state index is 13.2. The molecule has 1 aromatic heterocycles. The van der Waals surface area contributed by atoms with Crippen LogP contribution in [-0.2, 0) is 11.2 Å². The predicted octanol–water partition coefficient (Wildman–Crippen LogP) is 2.94. The Labute approximate surface area is 137 Å². The Morgan fingerprint density at radius 3 is 2.83 bits per heavy atom. The number of nitrogens with one attached hydrogen (secondary N) is 2. The Bertz CT molecular complexity index is 966. The molecular formula is C18H16FN3O2. The van der Waals surface area contributed by atoms with Crippen LogP contribution >= 0.6 is 0 Å². The van der Waals surface area contributed by atoms with Gasteiger partial charge in [0.05, 0.1) is 11.0 Å². The van der Waals surface area contributed by atoms with Crippen molar-refractivity contribution in [3.63, 3.8) is 0 Å². The number of halogens is 1. The number of hydrogen-bond acceptors (Lipinski definition) is 3. The van der Waals surface area contributed by atoms with Crippen molar-refractivity contribution in [2.45, 2.75) is 19.8 Å². The van der Waals surface area contributed by atoms with Crippen LogP contribution in [0.5, 0.6) is 0 Å². The largest absolute Gasteiger partial charge is 0.326 e. The van der Waals surface area contributed by atoms with Crippen molar-refractivity contribution in [2.24, 2.45) is 0 Å². The smallest absolute Gasteiger partial charge is 0.270 e. The summed E-state index contributed by atoms with van der Waals surface area (Å²) >= 11 is 0. The van der Waals surface area contributed by atoms with E-state index in [1.807, 2.05) is 12.1 Å². The zero-order valence-corrected chi connectivity index (χ0v) is 13.1. The minimum atomic E-state index is -0.320. The van der Waals surface area contributed by atoms with Crippen molar-refractivity contribution in [3.05, 3.63) is 69.9 Å². The number of benzene rings is 2. The van der Waals surface area contributed by atoms with Gasteiger partial charge in [-0.3, -0.25) is 9.59 Å². The highest BCUT2D eigenvalue weighted by Gasteiger charge is 2.09. The fourth-order valence-electron chi connectivity index (χ4n) is 2.41. The van der Waals surface area contributed by atoms with Crippen molar-refractivity contribution < 1.29 is 9.18 Å². The molecule has 0 saturated carbocycles. The molecule has 122 valence electrons. The maximum Gasteiger partial charge on any atom is 0.270 e. The third-order valence-electron chi connectivity index (χ3n) is 3.70. The van der Waals surface area contributed by atoms with Crippen molar-refractivity contribution in [1.29, 1.82) is 0 Å². The number of aromatic nitrogens is 2. The highest BCUT2D eigenvalue weighted by molar-refractivity contribution is 5.90. The van der Waals surface area contributed by atoms with E-state index in [0.717, 1.165) is 0 Å². The van der Waals surface area contributed by atoms with Crippen LogP contribution in [0.2, 0.25) is 0 Å². The number of aryl methyl sites for hydroxylation is 2. The van der Waals surface area contributed by atoms with Crippen molar-refractivity contribution in [2.75, 3.05) is 5.32 Å². The lowest BCUT2D eigenvalue weighted by molar-refractivity contribution is -0.116. The molecule has 0 radical (unpaired) electrons. The Hall–Kier alpha value is -3.02. The number of carbonyl (C=O) groups is 1. The van der Waals surface area contributed by atoms with Crippen LogP contribution in [0.1, 0.15) is 17.7 Å². The molecule has 0 aliphatic rings. The minimum absolute atomic E-state index is 0.116. The van der Waals surface area contributed by atoms with Gasteiger partial charge < -0.3 is 10.3 Å². The number of anilines is 1. The van der Waals surface area contributed by atoms with E-state index in [9.17, 15) is 14.0 Å². The van der Waals surface area contributed by atoms with Gasteiger partial charge in [0.2, 0.25) is 5.91 Å². The van der Waals surface area contributed by atoms with Crippen LogP contribution in [0.15, 0.2) is 47.3 Å². The first kappa shape index (κ1) is 15.9. The molecule has 24 heavy (non-hydrogen) atoms. The monoisotopic (exact) mass is 325 g/mol. The number of aromatic amines is 1. The zero-order chi connectivity index (χ0) is 17.1. The molecule has 3 rings (SSSR count). The van der Waals surface area contributed by atoms with Gasteiger partial charge in [0.25, 0.3) is 5.56 Å². The first-order chi connectivity index (χ1) is 11.5. The fraction of sp³-hybridized carbons (Fsp3) is 0.167. The average Bonchev–Trinajstić information content (AvgIpc) is 2.56. The number of nitrogens with zero attached hydrogens (tertiary/aromatic N) is 1. The van der Waals surface area contributed by atoms with Gasteiger partial charge in [0, 0.05) is 18.5 Å². The van der Waals surface area contributed by atoms with E-state index in [0.29, 0.717) is 28.0 Å². The number of hydrogen-bond donors (Lipinski definition) is 2. The average molecular weight is 325 g/mol. The predicted molar refractivity (Wildman–Crippen MR) is 90.5 cm³/mol. The Kier molecular flexibility index (Phi) is 4.37. The van der Waals surface area contributed by atoms with E-state index in [1.165, 1.54) is 12.1 Å². The van der Waals surface area contributed by atoms with Crippen molar-refractivity contribution >= 4 is 22.6 Å². The molecule has 5 nitrogen and oxygen atoms in total.